The van der Waals surface area contributed by atoms with E-state index >= 15 is 0 Å². The molecule has 0 spiro atoms. The number of hydrogen-bond donors (Lipinski definition) is 0. The molecule has 1 rings (SSSR count). The summed E-state index contributed by atoms with van der Waals surface area (Å²) in [5.74, 6) is 0.734. The Labute approximate surface area is 95.8 Å². The van der Waals surface area contributed by atoms with Gasteiger partial charge in [0.1, 0.15) is 6.61 Å². The molecular formula is C9H9ClO2S2. The third-order valence-electron chi connectivity index (χ3n) is 1.28. The zero-order valence-corrected chi connectivity index (χ0v) is 9.70. The lowest BCUT2D eigenvalue weighted by atomic mass is 10.4. The van der Waals surface area contributed by atoms with Gasteiger partial charge in [-0.2, -0.15) is 0 Å². The van der Waals surface area contributed by atoms with Crippen molar-refractivity contribution in [3.8, 4) is 0 Å². The predicted molar refractivity (Wildman–Crippen MR) is 62.0 cm³/mol. The van der Waals surface area contributed by atoms with Gasteiger partial charge in [0, 0.05) is 22.2 Å². The van der Waals surface area contributed by atoms with Gasteiger partial charge in [-0.15, -0.1) is 0 Å². The lowest BCUT2D eigenvalue weighted by Crippen LogP contribution is -1.97. The van der Waals surface area contributed by atoms with Crippen LogP contribution in [0.4, 0.5) is 4.79 Å². The van der Waals surface area contributed by atoms with E-state index in [2.05, 4.69) is 4.74 Å². The third-order valence-corrected chi connectivity index (χ3v) is 3.74. The first-order valence-electron chi connectivity index (χ1n) is 3.96. The van der Waals surface area contributed by atoms with Crippen molar-refractivity contribution in [3.63, 3.8) is 0 Å². The number of ether oxygens (including phenoxy) is 1. The average Bonchev–Trinajstić information content (AvgIpc) is 2.18. The molecule has 1 aromatic rings. The second-order valence-corrected chi connectivity index (χ2v) is 5.10. The Morgan fingerprint density at radius 2 is 2.07 bits per heavy atom. The number of rotatable bonds is 5. The third kappa shape index (κ3) is 5.42. The highest BCUT2D eigenvalue weighted by atomic mass is 35.5. The summed E-state index contributed by atoms with van der Waals surface area (Å²) < 4.78 is 4.57. The first-order chi connectivity index (χ1) is 6.79. The molecule has 0 radical (unpaired) electrons. The normalized spacial score (nSPS) is 9.79. The summed E-state index contributed by atoms with van der Waals surface area (Å²) in [5.41, 5.74) is -0.740. The maximum absolute atomic E-state index is 10.2. The van der Waals surface area contributed by atoms with Gasteiger partial charge in [-0.25, -0.2) is 4.79 Å². The van der Waals surface area contributed by atoms with E-state index in [0.29, 0.717) is 6.61 Å². The molecule has 0 unspecified atom stereocenters. The lowest BCUT2D eigenvalue weighted by molar-refractivity contribution is 0.181. The van der Waals surface area contributed by atoms with Crippen molar-refractivity contribution < 1.29 is 9.53 Å². The molecular weight excluding hydrogens is 240 g/mol. The maximum atomic E-state index is 10.2. The minimum atomic E-state index is -0.740. The Kier molecular flexibility index (Phi) is 5.91. The molecule has 0 amide bonds. The van der Waals surface area contributed by atoms with Crippen LogP contribution in [0.1, 0.15) is 0 Å². The molecule has 5 heteroatoms. The average molecular weight is 249 g/mol. The summed E-state index contributed by atoms with van der Waals surface area (Å²) in [6.45, 7) is 0.354. The lowest BCUT2D eigenvalue weighted by Gasteiger charge is -2.00. The number of benzene rings is 1. The molecule has 0 aliphatic rings. The standard InChI is InChI=1S/C9H9ClO2S2/c10-9(11)12-6-7-13-14-8-4-2-1-3-5-8/h1-5H,6-7H2. The summed E-state index contributed by atoms with van der Waals surface area (Å²) in [4.78, 5) is 11.4. The van der Waals surface area contributed by atoms with Crippen molar-refractivity contribution in [1.82, 2.24) is 0 Å². The molecule has 1 aromatic carbocycles. The first kappa shape index (κ1) is 11.8. The Balaban J connectivity index is 2.08. The van der Waals surface area contributed by atoms with Crippen LogP contribution < -0.4 is 0 Å². The fourth-order valence-corrected chi connectivity index (χ4v) is 2.65. The van der Waals surface area contributed by atoms with Gasteiger partial charge in [-0.05, 0) is 12.1 Å². The molecule has 0 bridgehead atoms. The highest BCUT2D eigenvalue weighted by Gasteiger charge is 1.96. The summed E-state index contributed by atoms with van der Waals surface area (Å²) in [7, 11) is 3.28. The quantitative estimate of drug-likeness (QED) is 0.450. The van der Waals surface area contributed by atoms with Crippen LogP contribution in [0.3, 0.4) is 0 Å². The Hall–Kier alpha value is -0.320. The van der Waals surface area contributed by atoms with E-state index in [0.717, 1.165) is 5.75 Å². The van der Waals surface area contributed by atoms with Crippen molar-refractivity contribution in [2.24, 2.45) is 0 Å². The molecule has 2 nitrogen and oxygen atoms in total. The molecule has 76 valence electrons. The van der Waals surface area contributed by atoms with E-state index in [1.54, 1.807) is 21.6 Å². The van der Waals surface area contributed by atoms with E-state index < -0.39 is 5.43 Å². The van der Waals surface area contributed by atoms with Crippen LogP contribution in [0.2, 0.25) is 0 Å². The molecule has 0 aromatic heterocycles. The van der Waals surface area contributed by atoms with Gasteiger partial charge < -0.3 is 4.74 Å². The van der Waals surface area contributed by atoms with E-state index in [9.17, 15) is 4.79 Å². The minimum absolute atomic E-state index is 0.354. The van der Waals surface area contributed by atoms with Gasteiger partial charge in [0.2, 0.25) is 0 Å². The maximum Gasteiger partial charge on any atom is 0.403 e. The van der Waals surface area contributed by atoms with Crippen LogP contribution in [-0.2, 0) is 4.74 Å². The monoisotopic (exact) mass is 248 g/mol. The second-order valence-electron chi connectivity index (χ2n) is 2.30. The van der Waals surface area contributed by atoms with Gasteiger partial charge in [0.05, 0.1) is 0 Å². The summed E-state index contributed by atoms with van der Waals surface area (Å²) >= 11 is 5.00. The fraction of sp³-hybridized carbons (Fsp3) is 0.222. The van der Waals surface area contributed by atoms with Crippen molar-refractivity contribution in [2.45, 2.75) is 4.90 Å². The van der Waals surface area contributed by atoms with Crippen LogP contribution in [0.5, 0.6) is 0 Å². The van der Waals surface area contributed by atoms with Crippen molar-refractivity contribution in [2.75, 3.05) is 12.4 Å². The van der Waals surface area contributed by atoms with Crippen LogP contribution >= 0.6 is 33.2 Å². The minimum Gasteiger partial charge on any atom is -0.453 e. The van der Waals surface area contributed by atoms with Crippen molar-refractivity contribution in [3.05, 3.63) is 30.3 Å². The number of carbonyl (C=O) groups excluding carboxylic acids is 1. The summed E-state index contributed by atoms with van der Waals surface area (Å²) in [6.07, 6.45) is 0. The molecule has 0 fully saturated rings. The van der Waals surface area contributed by atoms with Gasteiger partial charge >= 0.3 is 5.43 Å². The molecule has 14 heavy (non-hydrogen) atoms. The SMILES string of the molecule is O=C(Cl)OCCSSc1ccccc1. The van der Waals surface area contributed by atoms with E-state index in [4.69, 9.17) is 11.6 Å². The Morgan fingerprint density at radius 1 is 1.36 bits per heavy atom. The smallest absolute Gasteiger partial charge is 0.403 e. The Morgan fingerprint density at radius 3 is 2.71 bits per heavy atom. The summed E-state index contributed by atoms with van der Waals surface area (Å²) in [5, 5.41) is 0. The van der Waals surface area contributed by atoms with E-state index in [-0.39, 0.29) is 0 Å². The molecule has 0 aliphatic heterocycles. The number of halogens is 1. The van der Waals surface area contributed by atoms with Crippen LogP contribution in [0, 0.1) is 0 Å². The topological polar surface area (TPSA) is 26.3 Å². The molecule has 0 saturated heterocycles. The number of hydrogen-bond acceptors (Lipinski definition) is 4. The van der Waals surface area contributed by atoms with Crippen LogP contribution in [-0.4, -0.2) is 17.8 Å². The molecule has 0 atom stereocenters. The molecule has 0 heterocycles. The van der Waals surface area contributed by atoms with Gasteiger partial charge in [0.25, 0.3) is 0 Å². The second kappa shape index (κ2) is 7.04. The molecule has 0 saturated carbocycles. The van der Waals surface area contributed by atoms with Gasteiger partial charge in [-0.1, -0.05) is 39.8 Å². The summed E-state index contributed by atoms with van der Waals surface area (Å²) in [6, 6.07) is 10.0. The molecule has 0 aliphatic carbocycles. The van der Waals surface area contributed by atoms with Crippen molar-refractivity contribution in [1.29, 1.82) is 0 Å². The van der Waals surface area contributed by atoms with Gasteiger partial charge in [0.15, 0.2) is 0 Å². The fourth-order valence-electron chi connectivity index (χ4n) is 0.742. The van der Waals surface area contributed by atoms with Crippen molar-refractivity contribution >= 4 is 38.6 Å². The zero-order valence-electron chi connectivity index (χ0n) is 7.31. The van der Waals surface area contributed by atoms with E-state index in [1.165, 1.54) is 4.90 Å². The number of carbonyl (C=O) groups is 1. The van der Waals surface area contributed by atoms with E-state index in [1.807, 2.05) is 30.3 Å². The highest BCUT2D eigenvalue weighted by molar-refractivity contribution is 8.76. The Bertz CT molecular complexity index is 279. The predicted octanol–water partition coefficient (Wildman–Crippen LogP) is 3.80. The first-order valence-corrected chi connectivity index (χ1v) is 6.65. The largest absolute Gasteiger partial charge is 0.453 e. The van der Waals surface area contributed by atoms with Crippen LogP contribution in [0.25, 0.3) is 0 Å². The zero-order chi connectivity index (χ0) is 10.2. The van der Waals surface area contributed by atoms with Gasteiger partial charge in [-0.3, -0.25) is 0 Å². The highest BCUT2D eigenvalue weighted by Crippen LogP contribution is 2.30. The molecule has 0 N–H and O–H groups in total. The van der Waals surface area contributed by atoms with Crippen LogP contribution in [0.15, 0.2) is 35.2 Å².